The van der Waals surface area contributed by atoms with Crippen molar-refractivity contribution in [3.63, 3.8) is 0 Å². The fourth-order valence-electron chi connectivity index (χ4n) is 3.69. The van der Waals surface area contributed by atoms with Crippen molar-refractivity contribution < 1.29 is 9.59 Å². The van der Waals surface area contributed by atoms with E-state index in [2.05, 4.69) is 22.8 Å². The molecule has 0 heterocycles. The first-order valence-electron chi connectivity index (χ1n) is 10.6. The number of rotatable bonds is 5. The molecular weight excluding hydrogens is 400 g/mol. The summed E-state index contributed by atoms with van der Waals surface area (Å²) in [6, 6.07) is 13.5. The number of allylic oxidation sites excluding steroid dienone is 8. The van der Waals surface area contributed by atoms with Gasteiger partial charge in [0.25, 0.3) is 11.8 Å². The Hall–Kier alpha value is -4.06. The average Bonchev–Trinajstić information content (AvgIpc) is 2.81. The van der Waals surface area contributed by atoms with Crippen molar-refractivity contribution in [2.75, 3.05) is 11.1 Å². The highest BCUT2D eigenvalue weighted by molar-refractivity contribution is 6.04. The fraction of sp³-hybridized carbons (Fsp3) is 0.154. The molecule has 6 heteroatoms. The van der Waals surface area contributed by atoms with Gasteiger partial charge in [0.05, 0.1) is 0 Å². The van der Waals surface area contributed by atoms with E-state index in [1.807, 2.05) is 12.2 Å². The molecule has 0 fully saturated rings. The van der Waals surface area contributed by atoms with E-state index in [1.54, 1.807) is 48.5 Å². The summed E-state index contributed by atoms with van der Waals surface area (Å²) in [4.78, 5) is 24.9. The van der Waals surface area contributed by atoms with E-state index in [9.17, 15) is 9.59 Å². The quantitative estimate of drug-likeness (QED) is 0.531. The standard InChI is InChI=1S/C26H26N4O2/c27-21-9-1-17(2-10-21)18-5-13-23(14-6-18)29-26(32)20-7-15-24(16-8-20)30-25(31)19-3-11-22(28)12-4-19/h1,3-5,7-9,11-13,15-16H,2,6,10,14,27-28H2,(H,29,32)(H,30,31). The topological polar surface area (TPSA) is 110 Å². The van der Waals surface area contributed by atoms with Gasteiger partial charge < -0.3 is 22.1 Å². The molecule has 0 bridgehead atoms. The Labute approximate surface area is 187 Å². The molecular formula is C26H26N4O2. The third-order valence-corrected chi connectivity index (χ3v) is 5.60. The average molecular weight is 427 g/mol. The molecule has 0 aromatic heterocycles. The lowest BCUT2D eigenvalue weighted by molar-refractivity contribution is 0.0963. The molecule has 6 N–H and O–H groups in total. The molecule has 0 atom stereocenters. The molecule has 0 unspecified atom stereocenters. The van der Waals surface area contributed by atoms with Crippen molar-refractivity contribution in [2.24, 2.45) is 5.73 Å². The van der Waals surface area contributed by atoms with Crippen LogP contribution >= 0.6 is 0 Å². The number of nitrogens with two attached hydrogens (primary N) is 2. The van der Waals surface area contributed by atoms with Crippen molar-refractivity contribution in [3.8, 4) is 0 Å². The first kappa shape index (κ1) is 21.2. The maximum Gasteiger partial charge on any atom is 0.255 e. The van der Waals surface area contributed by atoms with E-state index in [4.69, 9.17) is 11.5 Å². The summed E-state index contributed by atoms with van der Waals surface area (Å²) in [5.41, 5.74) is 18.2. The smallest absolute Gasteiger partial charge is 0.255 e. The molecule has 0 spiro atoms. The van der Waals surface area contributed by atoms with Gasteiger partial charge in [-0.3, -0.25) is 9.59 Å². The Morgan fingerprint density at radius 1 is 0.625 bits per heavy atom. The second kappa shape index (κ2) is 9.39. The molecule has 0 radical (unpaired) electrons. The van der Waals surface area contributed by atoms with Crippen LogP contribution in [-0.4, -0.2) is 11.8 Å². The van der Waals surface area contributed by atoms with Crippen molar-refractivity contribution in [3.05, 3.63) is 107 Å². The monoisotopic (exact) mass is 426 g/mol. The van der Waals surface area contributed by atoms with Crippen LogP contribution in [-0.2, 0) is 0 Å². The number of benzene rings is 2. The molecule has 0 saturated heterocycles. The highest BCUT2D eigenvalue weighted by atomic mass is 16.2. The number of carbonyl (C=O) groups is 2. The first-order valence-corrected chi connectivity index (χ1v) is 10.6. The van der Waals surface area contributed by atoms with Gasteiger partial charge in [-0.2, -0.15) is 0 Å². The van der Waals surface area contributed by atoms with Crippen LogP contribution in [0.1, 0.15) is 46.4 Å². The van der Waals surface area contributed by atoms with Gasteiger partial charge in [0.1, 0.15) is 0 Å². The molecule has 0 saturated carbocycles. The third kappa shape index (κ3) is 5.16. The van der Waals surface area contributed by atoms with E-state index in [0.29, 0.717) is 22.5 Å². The maximum absolute atomic E-state index is 12.6. The highest BCUT2D eigenvalue weighted by Gasteiger charge is 2.15. The minimum absolute atomic E-state index is 0.169. The molecule has 6 nitrogen and oxygen atoms in total. The van der Waals surface area contributed by atoms with E-state index in [0.717, 1.165) is 37.1 Å². The van der Waals surface area contributed by atoms with Crippen LogP contribution in [0.5, 0.6) is 0 Å². The largest absolute Gasteiger partial charge is 0.402 e. The zero-order valence-electron chi connectivity index (χ0n) is 17.7. The predicted molar refractivity (Wildman–Crippen MR) is 128 cm³/mol. The summed E-state index contributed by atoms with van der Waals surface area (Å²) in [6.07, 6.45) is 11.7. The minimum Gasteiger partial charge on any atom is -0.402 e. The Morgan fingerprint density at radius 2 is 1.19 bits per heavy atom. The summed E-state index contributed by atoms with van der Waals surface area (Å²) >= 11 is 0. The number of carbonyl (C=O) groups excluding carboxylic acids is 2. The molecule has 4 rings (SSSR count). The molecule has 162 valence electrons. The summed E-state index contributed by atoms with van der Waals surface area (Å²) in [5, 5.41) is 5.80. The molecule has 2 aliphatic carbocycles. The molecule has 2 aromatic rings. The number of hydrogen-bond acceptors (Lipinski definition) is 4. The lowest BCUT2D eigenvalue weighted by Crippen LogP contribution is -2.23. The summed E-state index contributed by atoms with van der Waals surface area (Å²) in [5.74, 6) is -0.402. The van der Waals surface area contributed by atoms with Crippen LogP contribution in [0.3, 0.4) is 0 Å². The van der Waals surface area contributed by atoms with E-state index in [1.165, 1.54) is 11.1 Å². The molecule has 0 aliphatic heterocycles. The normalized spacial score (nSPS) is 15.6. The fourth-order valence-corrected chi connectivity index (χ4v) is 3.69. The van der Waals surface area contributed by atoms with Crippen molar-refractivity contribution >= 4 is 23.2 Å². The number of amides is 2. The molecule has 32 heavy (non-hydrogen) atoms. The Balaban J connectivity index is 1.35. The Kier molecular flexibility index (Phi) is 6.22. The van der Waals surface area contributed by atoms with E-state index in [-0.39, 0.29) is 11.8 Å². The van der Waals surface area contributed by atoms with Gasteiger partial charge in [0, 0.05) is 33.9 Å². The van der Waals surface area contributed by atoms with Crippen LogP contribution in [0.25, 0.3) is 0 Å². The van der Waals surface area contributed by atoms with Gasteiger partial charge in [-0.25, -0.2) is 0 Å². The van der Waals surface area contributed by atoms with Crippen LogP contribution in [0.4, 0.5) is 11.4 Å². The SMILES string of the molecule is NC1=CC=C(C2=CC=C(NC(=O)c3ccc(NC(=O)c4ccc(N)cc4)cc3)CC2)CC1. The number of nitrogen functional groups attached to an aromatic ring is 1. The zero-order chi connectivity index (χ0) is 22.5. The van der Waals surface area contributed by atoms with Crippen molar-refractivity contribution in [1.29, 1.82) is 0 Å². The van der Waals surface area contributed by atoms with Crippen LogP contribution < -0.4 is 22.1 Å². The molecule has 2 aliphatic rings. The Morgan fingerprint density at radius 3 is 1.75 bits per heavy atom. The first-order chi connectivity index (χ1) is 15.5. The van der Waals surface area contributed by atoms with Gasteiger partial charge in [0.15, 0.2) is 0 Å². The van der Waals surface area contributed by atoms with Gasteiger partial charge in [-0.1, -0.05) is 12.2 Å². The van der Waals surface area contributed by atoms with E-state index >= 15 is 0 Å². The van der Waals surface area contributed by atoms with Gasteiger partial charge in [0.2, 0.25) is 0 Å². The predicted octanol–water partition coefficient (Wildman–Crippen LogP) is 4.42. The van der Waals surface area contributed by atoms with E-state index < -0.39 is 0 Å². The van der Waals surface area contributed by atoms with Gasteiger partial charge in [-0.05, 0) is 97.5 Å². The van der Waals surface area contributed by atoms with Crippen molar-refractivity contribution in [2.45, 2.75) is 25.7 Å². The third-order valence-electron chi connectivity index (χ3n) is 5.60. The van der Waals surface area contributed by atoms with Crippen LogP contribution in [0.2, 0.25) is 0 Å². The highest BCUT2D eigenvalue weighted by Crippen LogP contribution is 2.29. The van der Waals surface area contributed by atoms with Gasteiger partial charge >= 0.3 is 0 Å². The zero-order valence-corrected chi connectivity index (χ0v) is 17.7. The second-order valence-electron chi connectivity index (χ2n) is 7.92. The summed E-state index contributed by atoms with van der Waals surface area (Å²) in [7, 11) is 0. The maximum atomic E-state index is 12.6. The summed E-state index contributed by atoms with van der Waals surface area (Å²) < 4.78 is 0. The molecule has 2 aromatic carbocycles. The second-order valence-corrected chi connectivity index (χ2v) is 7.92. The minimum atomic E-state index is -0.233. The Bertz CT molecular complexity index is 1150. The lowest BCUT2D eigenvalue weighted by Gasteiger charge is -2.19. The van der Waals surface area contributed by atoms with Gasteiger partial charge in [-0.15, -0.1) is 0 Å². The number of hydrogen-bond donors (Lipinski definition) is 4. The van der Waals surface area contributed by atoms with Crippen LogP contribution in [0.15, 0.2) is 95.4 Å². The molecule has 2 amide bonds. The van der Waals surface area contributed by atoms with Crippen molar-refractivity contribution in [1.82, 2.24) is 5.32 Å². The lowest BCUT2D eigenvalue weighted by atomic mass is 9.90. The summed E-state index contributed by atoms with van der Waals surface area (Å²) in [6.45, 7) is 0. The number of nitrogens with one attached hydrogen (secondary N) is 2. The number of anilines is 2. The van der Waals surface area contributed by atoms with Crippen LogP contribution in [0, 0.1) is 0 Å².